The molecule has 1 rings (SSSR count). The van der Waals surface area contributed by atoms with Crippen LogP contribution in [0.15, 0.2) is 30.3 Å². The Bertz CT molecular complexity index is 567. The normalized spacial score (nSPS) is 11.6. The van der Waals surface area contributed by atoms with Crippen molar-refractivity contribution in [3.8, 4) is 0 Å². The summed E-state index contributed by atoms with van der Waals surface area (Å²) in [6, 6.07) is 8.16. The van der Waals surface area contributed by atoms with Crippen molar-refractivity contribution in [2.24, 2.45) is 5.73 Å². The lowest BCUT2D eigenvalue weighted by Gasteiger charge is -2.02. The predicted molar refractivity (Wildman–Crippen MR) is 68.9 cm³/mol. The molecule has 0 heterocycles. The van der Waals surface area contributed by atoms with Gasteiger partial charge in [-0.25, -0.2) is 4.18 Å². The van der Waals surface area contributed by atoms with E-state index in [9.17, 15) is 16.8 Å². The maximum absolute atomic E-state index is 10.8. The molecule has 0 aliphatic carbocycles. The predicted octanol–water partition coefficient (Wildman–Crippen LogP) is -0.795. The third-order valence-electron chi connectivity index (χ3n) is 1.51. The lowest BCUT2D eigenvalue weighted by Crippen LogP contribution is -2.15. The Morgan fingerprint density at radius 1 is 1.10 bits per heavy atom. The fourth-order valence-electron chi connectivity index (χ4n) is 0.839. The first-order valence-corrected chi connectivity index (χ1v) is 7.83. The van der Waals surface area contributed by atoms with Gasteiger partial charge < -0.3 is 10.8 Å². The minimum Gasteiger partial charge on any atom is -0.395 e. The van der Waals surface area contributed by atoms with Crippen molar-refractivity contribution in [1.29, 1.82) is 0 Å². The van der Waals surface area contributed by atoms with Crippen molar-refractivity contribution in [2.45, 2.75) is 6.61 Å². The van der Waals surface area contributed by atoms with Crippen LogP contribution in [-0.4, -0.2) is 39.6 Å². The molecule has 11 heteroatoms. The summed E-state index contributed by atoms with van der Waals surface area (Å²) in [6.07, 6.45) is 0. The van der Waals surface area contributed by atoms with Crippen LogP contribution in [-0.2, 0) is 35.2 Å². The standard InChI is InChI=1S/C7H8O7S2.C2H7NO/c8-15(9,10)14-16(11,12)13-6-7-4-2-1-3-5-7;3-1-2-4/h1-5H,6H2,(H,8,9,10);4H,1-3H2. The highest BCUT2D eigenvalue weighted by atomic mass is 32.3. The van der Waals surface area contributed by atoms with Crippen LogP contribution < -0.4 is 5.73 Å². The van der Waals surface area contributed by atoms with Gasteiger partial charge in [0.15, 0.2) is 0 Å². The summed E-state index contributed by atoms with van der Waals surface area (Å²) in [4.78, 5) is 0. The topological polar surface area (TPSA) is 153 Å². The van der Waals surface area contributed by atoms with Crippen molar-refractivity contribution in [1.82, 2.24) is 0 Å². The molecule has 0 fully saturated rings. The molecule has 1 aromatic rings. The minimum atomic E-state index is -5.10. The van der Waals surface area contributed by atoms with Crippen LogP contribution in [0, 0.1) is 0 Å². The molecule has 0 unspecified atom stereocenters. The van der Waals surface area contributed by atoms with E-state index in [1.807, 2.05) is 0 Å². The van der Waals surface area contributed by atoms with Crippen LogP contribution in [0.3, 0.4) is 0 Å². The molecule has 0 atom stereocenters. The van der Waals surface area contributed by atoms with Crippen LogP contribution >= 0.6 is 0 Å². The van der Waals surface area contributed by atoms with Gasteiger partial charge in [0.1, 0.15) is 0 Å². The Morgan fingerprint density at radius 3 is 2.00 bits per heavy atom. The van der Waals surface area contributed by atoms with E-state index in [4.69, 9.17) is 15.4 Å². The van der Waals surface area contributed by atoms with Crippen molar-refractivity contribution < 1.29 is 34.3 Å². The van der Waals surface area contributed by atoms with Crippen LogP contribution in [0.4, 0.5) is 0 Å². The fourth-order valence-corrected chi connectivity index (χ4v) is 2.12. The number of aliphatic hydroxyl groups is 1. The maximum atomic E-state index is 10.8. The highest BCUT2D eigenvalue weighted by Crippen LogP contribution is 2.07. The van der Waals surface area contributed by atoms with Crippen molar-refractivity contribution >= 4 is 20.8 Å². The molecule has 116 valence electrons. The van der Waals surface area contributed by atoms with Crippen LogP contribution in [0.2, 0.25) is 0 Å². The molecule has 0 bridgehead atoms. The zero-order chi connectivity index (χ0) is 15.6. The Balaban J connectivity index is 0.000000796. The van der Waals surface area contributed by atoms with Gasteiger partial charge in [0.2, 0.25) is 0 Å². The molecular formula is C9H15NO8S2. The molecule has 0 aliphatic heterocycles. The largest absolute Gasteiger partial charge is 0.416 e. The second-order valence-electron chi connectivity index (χ2n) is 3.16. The first kappa shape index (κ1) is 18.9. The lowest BCUT2D eigenvalue weighted by molar-refractivity contribution is 0.256. The summed E-state index contributed by atoms with van der Waals surface area (Å²) in [5.41, 5.74) is 5.28. The first-order valence-electron chi connectivity index (χ1n) is 5.13. The lowest BCUT2D eigenvalue weighted by atomic mass is 10.2. The van der Waals surface area contributed by atoms with E-state index in [1.54, 1.807) is 30.3 Å². The molecule has 0 radical (unpaired) electrons. The average molecular weight is 329 g/mol. The summed E-state index contributed by atoms with van der Waals surface area (Å²) in [6.45, 7) is 0.0820. The van der Waals surface area contributed by atoms with Gasteiger partial charge in [0.05, 0.1) is 13.2 Å². The fraction of sp³-hybridized carbons (Fsp3) is 0.333. The Morgan fingerprint density at radius 2 is 1.60 bits per heavy atom. The smallest absolute Gasteiger partial charge is 0.395 e. The number of hydrogen-bond acceptors (Lipinski definition) is 8. The van der Waals surface area contributed by atoms with E-state index in [2.05, 4.69) is 7.81 Å². The van der Waals surface area contributed by atoms with E-state index >= 15 is 0 Å². The van der Waals surface area contributed by atoms with Crippen LogP contribution in [0.1, 0.15) is 5.56 Å². The Hall–Kier alpha value is -1.08. The molecule has 1 aromatic carbocycles. The van der Waals surface area contributed by atoms with Gasteiger partial charge in [-0.2, -0.15) is 16.8 Å². The SMILES string of the molecule is NCCO.O=S(=O)(O)OS(=O)(=O)OCc1ccccc1. The highest BCUT2D eigenvalue weighted by Gasteiger charge is 2.21. The zero-order valence-electron chi connectivity index (χ0n) is 10.2. The van der Waals surface area contributed by atoms with Crippen LogP contribution in [0.5, 0.6) is 0 Å². The zero-order valence-corrected chi connectivity index (χ0v) is 11.9. The summed E-state index contributed by atoms with van der Waals surface area (Å²) >= 11 is 0. The van der Waals surface area contributed by atoms with Gasteiger partial charge in [-0.05, 0) is 5.56 Å². The number of benzene rings is 1. The Kier molecular flexibility index (Phi) is 8.48. The van der Waals surface area contributed by atoms with Gasteiger partial charge in [0.25, 0.3) is 0 Å². The third kappa shape index (κ3) is 10.8. The monoisotopic (exact) mass is 329 g/mol. The molecule has 9 nitrogen and oxygen atoms in total. The first-order chi connectivity index (χ1) is 9.20. The molecule has 20 heavy (non-hydrogen) atoms. The summed E-state index contributed by atoms with van der Waals surface area (Å²) in [5, 5.41) is 7.75. The maximum Gasteiger partial charge on any atom is 0.416 e. The molecule has 0 amide bonds. The summed E-state index contributed by atoms with van der Waals surface area (Å²) in [7, 11) is -9.87. The van der Waals surface area contributed by atoms with Gasteiger partial charge in [0, 0.05) is 6.54 Å². The average Bonchev–Trinajstić information content (AvgIpc) is 2.35. The van der Waals surface area contributed by atoms with Crippen molar-refractivity contribution in [3.63, 3.8) is 0 Å². The third-order valence-corrected chi connectivity index (χ3v) is 3.27. The van der Waals surface area contributed by atoms with Gasteiger partial charge >= 0.3 is 20.8 Å². The van der Waals surface area contributed by atoms with E-state index in [-0.39, 0.29) is 6.61 Å². The number of aliphatic hydroxyl groups excluding tert-OH is 1. The van der Waals surface area contributed by atoms with Gasteiger partial charge in [-0.3, -0.25) is 4.55 Å². The minimum absolute atomic E-state index is 0.0972. The molecule has 0 saturated carbocycles. The Labute approximate surface area is 117 Å². The molecule has 0 spiro atoms. The molecule has 0 aliphatic rings. The molecule has 4 N–H and O–H groups in total. The van der Waals surface area contributed by atoms with Crippen molar-refractivity contribution in [3.05, 3.63) is 35.9 Å². The quantitative estimate of drug-likeness (QED) is 0.569. The highest BCUT2D eigenvalue weighted by molar-refractivity contribution is 7.94. The van der Waals surface area contributed by atoms with Crippen LogP contribution in [0.25, 0.3) is 0 Å². The number of nitrogens with two attached hydrogens (primary N) is 1. The number of hydrogen-bond donors (Lipinski definition) is 3. The van der Waals surface area contributed by atoms with Gasteiger partial charge in [-0.15, -0.1) is 3.63 Å². The number of rotatable bonds is 6. The van der Waals surface area contributed by atoms with E-state index in [0.29, 0.717) is 12.1 Å². The summed E-state index contributed by atoms with van der Waals surface area (Å²) < 4.78 is 57.6. The second-order valence-corrected chi connectivity index (χ2v) is 5.62. The van der Waals surface area contributed by atoms with E-state index < -0.39 is 27.4 Å². The van der Waals surface area contributed by atoms with Gasteiger partial charge in [-0.1, -0.05) is 30.3 Å². The molecule has 0 saturated heterocycles. The summed E-state index contributed by atoms with van der Waals surface area (Å²) in [5.74, 6) is 0. The van der Waals surface area contributed by atoms with E-state index in [0.717, 1.165) is 0 Å². The van der Waals surface area contributed by atoms with Crippen molar-refractivity contribution in [2.75, 3.05) is 13.2 Å². The molecule has 0 aromatic heterocycles. The second kappa shape index (κ2) is 8.97. The van der Waals surface area contributed by atoms with E-state index in [1.165, 1.54) is 0 Å². The molecular weight excluding hydrogens is 314 g/mol.